The van der Waals surface area contributed by atoms with E-state index in [4.69, 9.17) is 0 Å². The SMILES string of the molecule is CSCC[C@H](CO)NC(=O)CC[C@H]1NC(=O)N(CCc2ccccc2)C1=O. The van der Waals surface area contributed by atoms with Crippen LogP contribution < -0.4 is 10.6 Å². The molecule has 0 bridgehead atoms. The van der Waals surface area contributed by atoms with E-state index in [0.29, 0.717) is 19.4 Å². The number of hydrogen-bond acceptors (Lipinski definition) is 5. The summed E-state index contributed by atoms with van der Waals surface area (Å²) in [6.07, 6.45) is 3.63. The van der Waals surface area contributed by atoms with E-state index < -0.39 is 12.1 Å². The first-order valence-electron chi connectivity index (χ1n) is 9.10. The standard InChI is InChI=1S/C19H27N3O4S/c1-27-12-10-15(13-23)20-17(24)8-7-16-18(25)22(19(26)21-16)11-9-14-5-3-2-4-6-14/h2-6,15-16,23H,7-13H2,1H3,(H,20,24)(H,21,26)/t15-,16-/m1/s1. The minimum absolute atomic E-state index is 0.112. The molecule has 0 saturated carbocycles. The zero-order valence-electron chi connectivity index (χ0n) is 15.5. The van der Waals surface area contributed by atoms with Gasteiger partial charge >= 0.3 is 6.03 Å². The Kier molecular flexibility index (Phi) is 8.60. The summed E-state index contributed by atoms with van der Waals surface area (Å²) < 4.78 is 0. The van der Waals surface area contributed by atoms with Gasteiger partial charge in [0, 0.05) is 13.0 Å². The molecule has 7 nitrogen and oxygen atoms in total. The monoisotopic (exact) mass is 393 g/mol. The summed E-state index contributed by atoms with van der Waals surface area (Å²) >= 11 is 1.65. The van der Waals surface area contributed by atoms with Gasteiger partial charge in [0.2, 0.25) is 5.91 Å². The highest BCUT2D eigenvalue weighted by molar-refractivity contribution is 7.98. The molecule has 0 radical (unpaired) electrons. The van der Waals surface area contributed by atoms with E-state index in [1.54, 1.807) is 11.8 Å². The third-order valence-corrected chi connectivity index (χ3v) is 5.13. The maximum absolute atomic E-state index is 12.4. The summed E-state index contributed by atoms with van der Waals surface area (Å²) in [6, 6.07) is 8.31. The number of carbonyl (C=O) groups is 3. The van der Waals surface area contributed by atoms with Crippen LogP contribution in [0.4, 0.5) is 4.79 Å². The molecule has 4 amide bonds. The molecule has 1 aliphatic rings. The molecule has 1 aromatic carbocycles. The van der Waals surface area contributed by atoms with Crippen LogP contribution in [0.15, 0.2) is 30.3 Å². The summed E-state index contributed by atoms with van der Waals surface area (Å²) in [5, 5.41) is 14.7. The topological polar surface area (TPSA) is 98.7 Å². The highest BCUT2D eigenvalue weighted by Crippen LogP contribution is 2.13. The first-order chi connectivity index (χ1) is 13.0. The van der Waals surface area contributed by atoms with E-state index in [0.717, 1.165) is 11.3 Å². The first kappa shape index (κ1) is 21.2. The van der Waals surface area contributed by atoms with Crippen molar-refractivity contribution in [3.63, 3.8) is 0 Å². The van der Waals surface area contributed by atoms with Crippen molar-refractivity contribution < 1.29 is 19.5 Å². The summed E-state index contributed by atoms with van der Waals surface area (Å²) in [7, 11) is 0. The number of amides is 4. The Hall–Kier alpha value is -2.06. The van der Waals surface area contributed by atoms with Crippen molar-refractivity contribution in [3.05, 3.63) is 35.9 Å². The summed E-state index contributed by atoms with van der Waals surface area (Å²) in [5.41, 5.74) is 1.06. The summed E-state index contributed by atoms with van der Waals surface area (Å²) in [4.78, 5) is 37.8. The van der Waals surface area contributed by atoms with Gasteiger partial charge in [-0.3, -0.25) is 14.5 Å². The average molecular weight is 394 g/mol. The van der Waals surface area contributed by atoms with Crippen LogP contribution in [-0.2, 0) is 16.0 Å². The van der Waals surface area contributed by atoms with E-state index in [-0.39, 0.29) is 37.3 Å². The van der Waals surface area contributed by atoms with Gasteiger partial charge in [-0.15, -0.1) is 0 Å². The molecule has 8 heteroatoms. The molecule has 2 atom stereocenters. The Labute approximate surface area is 163 Å². The van der Waals surface area contributed by atoms with Crippen molar-refractivity contribution in [1.82, 2.24) is 15.5 Å². The lowest BCUT2D eigenvalue weighted by Gasteiger charge is -2.16. The van der Waals surface area contributed by atoms with Gasteiger partial charge in [0.15, 0.2) is 0 Å². The molecule has 1 aromatic rings. The average Bonchev–Trinajstić information content (AvgIpc) is 2.95. The maximum Gasteiger partial charge on any atom is 0.324 e. The van der Waals surface area contributed by atoms with E-state index in [1.165, 1.54) is 4.90 Å². The Morgan fingerprint density at radius 2 is 2.07 bits per heavy atom. The molecule has 0 unspecified atom stereocenters. The van der Waals surface area contributed by atoms with Crippen molar-refractivity contribution in [2.75, 3.05) is 25.2 Å². The highest BCUT2D eigenvalue weighted by atomic mass is 32.2. The molecule has 0 aromatic heterocycles. The number of carbonyl (C=O) groups excluding carboxylic acids is 3. The number of benzene rings is 1. The number of hydrogen-bond donors (Lipinski definition) is 3. The number of aliphatic hydroxyl groups excluding tert-OH is 1. The van der Waals surface area contributed by atoms with Crippen LogP contribution >= 0.6 is 11.8 Å². The van der Waals surface area contributed by atoms with Gasteiger partial charge in [-0.25, -0.2) is 4.79 Å². The van der Waals surface area contributed by atoms with Crippen molar-refractivity contribution in [1.29, 1.82) is 0 Å². The van der Waals surface area contributed by atoms with Gasteiger partial charge in [-0.2, -0.15) is 11.8 Å². The maximum atomic E-state index is 12.4. The second-order valence-electron chi connectivity index (χ2n) is 6.49. The Morgan fingerprint density at radius 1 is 1.33 bits per heavy atom. The van der Waals surface area contributed by atoms with Crippen LogP contribution in [-0.4, -0.2) is 65.1 Å². The van der Waals surface area contributed by atoms with Crippen LogP contribution in [0.3, 0.4) is 0 Å². The number of nitrogens with zero attached hydrogens (tertiary/aromatic N) is 1. The van der Waals surface area contributed by atoms with Crippen LogP contribution in [0.2, 0.25) is 0 Å². The molecule has 1 saturated heterocycles. The quantitative estimate of drug-likeness (QED) is 0.490. The predicted octanol–water partition coefficient (Wildman–Crippen LogP) is 1.16. The molecular weight excluding hydrogens is 366 g/mol. The van der Waals surface area contributed by atoms with Crippen LogP contribution in [0.5, 0.6) is 0 Å². The molecule has 0 aliphatic carbocycles. The number of nitrogens with one attached hydrogen (secondary N) is 2. The fraction of sp³-hybridized carbons (Fsp3) is 0.526. The lowest BCUT2D eigenvalue weighted by atomic mass is 10.1. The molecule has 1 fully saturated rings. The number of rotatable bonds is 11. The lowest BCUT2D eigenvalue weighted by Crippen LogP contribution is -2.39. The third kappa shape index (κ3) is 6.55. The fourth-order valence-corrected chi connectivity index (χ4v) is 3.43. The molecule has 2 rings (SSSR count). The third-order valence-electron chi connectivity index (χ3n) is 4.49. The molecule has 1 heterocycles. The van der Waals surface area contributed by atoms with E-state index in [2.05, 4.69) is 10.6 Å². The molecule has 27 heavy (non-hydrogen) atoms. The fourth-order valence-electron chi connectivity index (χ4n) is 2.91. The van der Waals surface area contributed by atoms with Crippen molar-refractivity contribution >= 4 is 29.6 Å². The van der Waals surface area contributed by atoms with Crippen LogP contribution in [0.25, 0.3) is 0 Å². The minimum Gasteiger partial charge on any atom is -0.394 e. The lowest BCUT2D eigenvalue weighted by molar-refractivity contribution is -0.127. The summed E-state index contributed by atoms with van der Waals surface area (Å²) in [6.45, 7) is 0.206. The Balaban J connectivity index is 1.77. The normalized spacial score (nSPS) is 17.7. The molecule has 148 valence electrons. The largest absolute Gasteiger partial charge is 0.394 e. The first-order valence-corrected chi connectivity index (χ1v) is 10.5. The van der Waals surface area contributed by atoms with E-state index in [1.807, 2.05) is 36.6 Å². The van der Waals surface area contributed by atoms with Gasteiger partial charge in [-0.05, 0) is 36.8 Å². The van der Waals surface area contributed by atoms with Gasteiger partial charge in [0.05, 0.1) is 12.6 Å². The Bertz CT molecular complexity index is 641. The predicted molar refractivity (Wildman–Crippen MR) is 105 cm³/mol. The van der Waals surface area contributed by atoms with Gasteiger partial charge in [0.25, 0.3) is 5.91 Å². The van der Waals surface area contributed by atoms with Crippen molar-refractivity contribution in [2.24, 2.45) is 0 Å². The smallest absolute Gasteiger partial charge is 0.324 e. The second-order valence-corrected chi connectivity index (χ2v) is 7.48. The highest BCUT2D eigenvalue weighted by Gasteiger charge is 2.37. The Morgan fingerprint density at radius 3 is 2.74 bits per heavy atom. The van der Waals surface area contributed by atoms with Gasteiger partial charge < -0.3 is 15.7 Å². The van der Waals surface area contributed by atoms with Gasteiger partial charge in [0.1, 0.15) is 6.04 Å². The number of imide groups is 1. The number of aliphatic hydroxyl groups is 1. The minimum atomic E-state index is -0.669. The number of urea groups is 1. The zero-order valence-corrected chi connectivity index (χ0v) is 16.3. The van der Waals surface area contributed by atoms with Crippen molar-refractivity contribution in [2.45, 2.75) is 37.8 Å². The van der Waals surface area contributed by atoms with Crippen LogP contribution in [0.1, 0.15) is 24.8 Å². The molecule has 3 N–H and O–H groups in total. The summed E-state index contributed by atoms with van der Waals surface area (Å²) in [5.74, 6) is 0.337. The number of thioether (sulfide) groups is 1. The second kappa shape index (κ2) is 10.9. The van der Waals surface area contributed by atoms with E-state index in [9.17, 15) is 19.5 Å². The van der Waals surface area contributed by atoms with E-state index >= 15 is 0 Å². The van der Waals surface area contributed by atoms with Gasteiger partial charge in [-0.1, -0.05) is 30.3 Å². The molecule has 1 aliphatic heterocycles. The van der Waals surface area contributed by atoms with Crippen LogP contribution in [0, 0.1) is 0 Å². The molecular formula is C19H27N3O4S. The van der Waals surface area contributed by atoms with Crippen molar-refractivity contribution in [3.8, 4) is 0 Å². The zero-order chi connectivity index (χ0) is 19.6. The molecule has 0 spiro atoms.